The highest BCUT2D eigenvalue weighted by Crippen LogP contribution is 2.31. The highest BCUT2D eigenvalue weighted by atomic mass is 16.5. The molecule has 3 aromatic rings. The molecule has 0 fully saturated rings. The molecular formula is C21H30N6O2. The van der Waals surface area contributed by atoms with Crippen LogP contribution in [0, 0.1) is 13.8 Å². The van der Waals surface area contributed by atoms with Gasteiger partial charge < -0.3 is 19.7 Å². The number of ether oxygens (including phenoxy) is 2. The van der Waals surface area contributed by atoms with Gasteiger partial charge in [0.25, 0.3) is 0 Å². The van der Waals surface area contributed by atoms with Crippen LogP contribution < -0.4 is 15.0 Å². The Morgan fingerprint density at radius 1 is 1.17 bits per heavy atom. The number of aromatic nitrogens is 4. The normalized spacial score (nSPS) is 12.3. The minimum absolute atomic E-state index is 0.0544. The lowest BCUT2D eigenvalue weighted by atomic mass is 10.2. The van der Waals surface area contributed by atoms with E-state index >= 15 is 0 Å². The van der Waals surface area contributed by atoms with Crippen molar-refractivity contribution in [3.05, 3.63) is 35.7 Å². The number of rotatable bonds is 9. The van der Waals surface area contributed by atoms with Crippen LogP contribution in [0.15, 0.2) is 24.3 Å². The summed E-state index contributed by atoms with van der Waals surface area (Å²) in [4.78, 5) is 1.93. The van der Waals surface area contributed by atoms with Gasteiger partial charge in [-0.15, -0.1) is 5.10 Å². The number of nitrogens with zero attached hydrogens (tertiary/aromatic N) is 5. The van der Waals surface area contributed by atoms with Crippen molar-refractivity contribution >= 4 is 16.7 Å². The van der Waals surface area contributed by atoms with Crippen molar-refractivity contribution in [2.24, 2.45) is 0 Å². The molecule has 2 heterocycles. The third-order valence-electron chi connectivity index (χ3n) is 4.86. The van der Waals surface area contributed by atoms with Gasteiger partial charge in [-0.25, -0.2) is 4.68 Å². The summed E-state index contributed by atoms with van der Waals surface area (Å²) in [7, 11) is 7.52. The zero-order valence-electron chi connectivity index (χ0n) is 18.1. The first-order chi connectivity index (χ1) is 14.0. The van der Waals surface area contributed by atoms with E-state index in [1.54, 1.807) is 7.11 Å². The van der Waals surface area contributed by atoms with Gasteiger partial charge in [0, 0.05) is 21.2 Å². The molecule has 0 saturated carbocycles. The fraction of sp³-hybridized carbons (Fsp3) is 0.476. The van der Waals surface area contributed by atoms with Crippen molar-refractivity contribution in [1.29, 1.82) is 0 Å². The van der Waals surface area contributed by atoms with Crippen LogP contribution in [-0.2, 0) is 4.74 Å². The minimum Gasteiger partial charge on any atom is -0.486 e. The van der Waals surface area contributed by atoms with E-state index in [4.69, 9.17) is 14.6 Å². The van der Waals surface area contributed by atoms with Gasteiger partial charge >= 0.3 is 0 Å². The molecule has 0 aliphatic rings. The number of benzene rings is 1. The lowest BCUT2D eigenvalue weighted by Gasteiger charge is -2.20. The molecule has 0 aliphatic carbocycles. The molecule has 8 nitrogen and oxygen atoms in total. The van der Waals surface area contributed by atoms with Crippen molar-refractivity contribution in [2.75, 3.05) is 46.3 Å². The quantitative estimate of drug-likeness (QED) is 0.593. The Labute approximate surface area is 171 Å². The molecule has 0 aliphatic heterocycles. The van der Waals surface area contributed by atoms with Crippen molar-refractivity contribution in [1.82, 2.24) is 25.3 Å². The third kappa shape index (κ3) is 4.33. The lowest BCUT2D eigenvalue weighted by molar-refractivity contribution is 0.0760. The fourth-order valence-corrected chi connectivity index (χ4v) is 3.43. The molecule has 156 valence electrons. The van der Waals surface area contributed by atoms with Crippen LogP contribution in [0.4, 0.5) is 5.82 Å². The van der Waals surface area contributed by atoms with Crippen LogP contribution >= 0.6 is 0 Å². The number of anilines is 1. The van der Waals surface area contributed by atoms with Gasteiger partial charge in [-0.1, -0.05) is 12.1 Å². The first-order valence-electron chi connectivity index (χ1n) is 9.77. The van der Waals surface area contributed by atoms with E-state index in [0.29, 0.717) is 6.61 Å². The van der Waals surface area contributed by atoms with Gasteiger partial charge in [0.2, 0.25) is 0 Å². The molecule has 29 heavy (non-hydrogen) atoms. The Hall–Kier alpha value is -2.71. The standard InChI is InChI=1S/C21H30N6O2/c1-14-19-15(2)27(25-20(19)21(24-23-14)26(4)5)17-9-7-8-10-18(17)29-16(13-28-6)11-12-22-3/h7-10,16,22H,11-13H2,1-6H3. The number of hydrogen-bond donors (Lipinski definition) is 1. The molecule has 8 heteroatoms. The number of para-hydroxylation sites is 2. The number of fused-ring (bicyclic) bond motifs is 1. The first-order valence-corrected chi connectivity index (χ1v) is 9.77. The van der Waals surface area contributed by atoms with Crippen LogP contribution in [0.25, 0.3) is 16.6 Å². The molecular weight excluding hydrogens is 368 g/mol. The highest BCUT2D eigenvalue weighted by molar-refractivity contribution is 5.92. The molecule has 1 unspecified atom stereocenters. The van der Waals surface area contributed by atoms with Gasteiger partial charge in [0.05, 0.1) is 23.4 Å². The maximum atomic E-state index is 6.33. The van der Waals surface area contributed by atoms with Crippen LogP contribution in [-0.4, -0.2) is 67.5 Å². The molecule has 3 rings (SSSR count). The summed E-state index contributed by atoms with van der Waals surface area (Å²) < 4.78 is 13.6. The fourth-order valence-electron chi connectivity index (χ4n) is 3.43. The second-order valence-electron chi connectivity index (χ2n) is 7.28. The number of nitrogens with one attached hydrogen (secondary N) is 1. The predicted molar refractivity (Wildman–Crippen MR) is 115 cm³/mol. The second kappa shape index (κ2) is 9.19. The summed E-state index contributed by atoms with van der Waals surface area (Å²) in [5.41, 5.74) is 3.58. The van der Waals surface area contributed by atoms with Crippen LogP contribution in [0.3, 0.4) is 0 Å². The minimum atomic E-state index is -0.0544. The number of hydrogen-bond acceptors (Lipinski definition) is 7. The maximum Gasteiger partial charge on any atom is 0.179 e. The highest BCUT2D eigenvalue weighted by Gasteiger charge is 2.20. The van der Waals surface area contributed by atoms with Gasteiger partial charge in [-0.05, 0) is 46.0 Å². The number of aryl methyl sites for hydroxylation is 2. The molecule has 0 amide bonds. The SMILES string of the molecule is CNCCC(COC)Oc1ccccc1-n1nc2c(N(C)C)nnc(C)c2c1C. The Morgan fingerprint density at radius 3 is 2.62 bits per heavy atom. The summed E-state index contributed by atoms with van der Waals surface area (Å²) in [6.45, 7) is 5.38. The Bertz CT molecular complexity index is 969. The van der Waals surface area contributed by atoms with E-state index in [2.05, 4.69) is 15.5 Å². The summed E-state index contributed by atoms with van der Waals surface area (Å²) >= 11 is 0. The van der Waals surface area contributed by atoms with E-state index in [9.17, 15) is 0 Å². The molecule has 0 bridgehead atoms. The molecule has 1 atom stereocenters. The molecule has 1 aromatic carbocycles. The van der Waals surface area contributed by atoms with Crippen LogP contribution in [0.1, 0.15) is 17.8 Å². The van der Waals surface area contributed by atoms with Crippen molar-refractivity contribution in [2.45, 2.75) is 26.4 Å². The van der Waals surface area contributed by atoms with E-state index in [1.165, 1.54) is 0 Å². The van der Waals surface area contributed by atoms with E-state index in [-0.39, 0.29) is 6.10 Å². The first kappa shape index (κ1) is 21.0. The van der Waals surface area contributed by atoms with Gasteiger partial charge in [-0.3, -0.25) is 0 Å². The maximum absolute atomic E-state index is 6.33. The third-order valence-corrected chi connectivity index (χ3v) is 4.86. The molecule has 0 spiro atoms. The average Bonchev–Trinajstić information content (AvgIpc) is 3.04. The monoisotopic (exact) mass is 398 g/mol. The molecule has 1 N–H and O–H groups in total. The zero-order chi connectivity index (χ0) is 21.0. The van der Waals surface area contributed by atoms with Crippen molar-refractivity contribution < 1.29 is 9.47 Å². The smallest absolute Gasteiger partial charge is 0.179 e. The van der Waals surface area contributed by atoms with E-state index < -0.39 is 0 Å². The van der Waals surface area contributed by atoms with Crippen molar-refractivity contribution in [3.8, 4) is 11.4 Å². The Morgan fingerprint density at radius 2 is 1.93 bits per heavy atom. The molecule has 0 radical (unpaired) electrons. The Kier molecular flexibility index (Phi) is 6.66. The average molecular weight is 399 g/mol. The molecule has 0 saturated heterocycles. The molecule has 2 aromatic heterocycles. The van der Waals surface area contributed by atoms with Gasteiger partial charge in [0.15, 0.2) is 5.82 Å². The summed E-state index contributed by atoms with van der Waals surface area (Å²) in [6, 6.07) is 7.95. The van der Waals surface area contributed by atoms with Crippen LogP contribution in [0.5, 0.6) is 5.75 Å². The van der Waals surface area contributed by atoms with Crippen molar-refractivity contribution in [3.63, 3.8) is 0 Å². The second-order valence-corrected chi connectivity index (χ2v) is 7.28. The lowest BCUT2D eigenvalue weighted by Crippen LogP contribution is -2.27. The topological polar surface area (TPSA) is 77.3 Å². The zero-order valence-corrected chi connectivity index (χ0v) is 18.1. The summed E-state index contributed by atoms with van der Waals surface area (Å²) in [6.07, 6.45) is 0.789. The Balaban J connectivity index is 2.08. The largest absolute Gasteiger partial charge is 0.486 e. The van der Waals surface area contributed by atoms with Gasteiger partial charge in [-0.2, -0.15) is 10.2 Å². The van der Waals surface area contributed by atoms with E-state index in [1.807, 2.05) is 68.8 Å². The summed E-state index contributed by atoms with van der Waals surface area (Å²) in [5.74, 6) is 1.52. The van der Waals surface area contributed by atoms with Gasteiger partial charge in [0.1, 0.15) is 23.1 Å². The predicted octanol–water partition coefficient (Wildman–Crippen LogP) is 2.50. The summed E-state index contributed by atoms with van der Waals surface area (Å²) in [5, 5.41) is 17.7. The number of methoxy groups -OCH3 is 1. The van der Waals surface area contributed by atoms with Crippen LogP contribution in [0.2, 0.25) is 0 Å². The van der Waals surface area contributed by atoms with E-state index in [0.717, 1.165) is 52.5 Å².